The second-order valence-corrected chi connectivity index (χ2v) is 13.4. The van der Waals surface area contributed by atoms with Gasteiger partial charge in [0.25, 0.3) is 0 Å². The van der Waals surface area contributed by atoms with Crippen molar-refractivity contribution in [1.82, 2.24) is 9.97 Å². The van der Waals surface area contributed by atoms with Crippen LogP contribution < -0.4 is 5.32 Å². The van der Waals surface area contributed by atoms with Gasteiger partial charge in [0.05, 0.1) is 16.8 Å². The fourth-order valence-electron chi connectivity index (χ4n) is 3.73. The lowest BCUT2D eigenvalue weighted by atomic mass is 10.0. The average molecular weight is 395 g/mol. The molecule has 0 spiro atoms. The average Bonchev–Trinajstić information content (AvgIpc) is 3.12. The molecule has 142 valence electrons. The molecule has 5 rings (SSSR count). The molecule has 4 heteroatoms. The van der Waals surface area contributed by atoms with Gasteiger partial charge in [-0.05, 0) is 24.3 Å². The smallest absolute Gasteiger partial charge is 0.144 e. The van der Waals surface area contributed by atoms with Crippen LogP contribution in [0.2, 0.25) is 19.6 Å². The van der Waals surface area contributed by atoms with Crippen LogP contribution in [0.1, 0.15) is 0 Å². The van der Waals surface area contributed by atoms with Gasteiger partial charge in [-0.1, -0.05) is 68.2 Å². The molecule has 2 aromatic carbocycles. The van der Waals surface area contributed by atoms with Gasteiger partial charge >= 0.3 is 0 Å². The van der Waals surface area contributed by atoms with Crippen molar-refractivity contribution in [1.29, 1.82) is 0 Å². The number of aromatic nitrogens is 2. The van der Waals surface area contributed by atoms with Crippen LogP contribution in [0, 0.1) is 0 Å². The summed E-state index contributed by atoms with van der Waals surface area (Å²) in [5.74, 6) is 0. The molecule has 3 nitrogen and oxygen atoms in total. The maximum atomic E-state index is 6.48. The molecular formula is C25H22N2OSi. The van der Waals surface area contributed by atoms with E-state index in [1.54, 1.807) is 0 Å². The zero-order chi connectivity index (χ0) is 20.0. The zero-order valence-corrected chi connectivity index (χ0v) is 17.8. The molecule has 5 aromatic rings. The Bertz CT molecular complexity index is 1320. The zero-order valence-electron chi connectivity index (χ0n) is 16.8. The Labute approximate surface area is 171 Å². The minimum Gasteiger partial charge on any atom is -0.455 e. The summed E-state index contributed by atoms with van der Waals surface area (Å²) in [5, 5.41) is 3.31. The van der Waals surface area contributed by atoms with E-state index in [-0.39, 0.29) is 0 Å². The molecule has 0 amide bonds. The third-order valence-electron chi connectivity index (χ3n) is 5.24. The van der Waals surface area contributed by atoms with Gasteiger partial charge in [0, 0.05) is 28.0 Å². The van der Waals surface area contributed by atoms with Crippen LogP contribution in [0.5, 0.6) is 0 Å². The molecule has 3 heterocycles. The molecule has 0 unspecified atom stereocenters. The van der Waals surface area contributed by atoms with Gasteiger partial charge in [-0.25, -0.2) is 0 Å². The molecule has 0 aliphatic carbocycles. The topological polar surface area (TPSA) is 38.9 Å². The minimum absolute atomic E-state index is 0.868. The van der Waals surface area contributed by atoms with Crippen LogP contribution in [0.3, 0.4) is 0 Å². The van der Waals surface area contributed by atoms with Crippen molar-refractivity contribution < 1.29 is 4.42 Å². The third-order valence-corrected chi connectivity index (χ3v) is 7.03. The lowest BCUT2D eigenvalue weighted by Gasteiger charge is -2.17. The molecule has 0 radical (unpaired) electrons. The fourth-order valence-corrected chi connectivity index (χ4v) is 4.74. The lowest BCUT2D eigenvalue weighted by Crippen LogP contribution is -2.40. The molecule has 0 N–H and O–H groups in total. The maximum absolute atomic E-state index is 6.48. The maximum Gasteiger partial charge on any atom is 0.144 e. The van der Waals surface area contributed by atoms with E-state index < -0.39 is 8.07 Å². The Morgan fingerprint density at radius 2 is 1.62 bits per heavy atom. The Hall–Kier alpha value is -3.24. The first-order valence-electron chi connectivity index (χ1n) is 9.86. The van der Waals surface area contributed by atoms with E-state index in [4.69, 9.17) is 9.40 Å². The summed E-state index contributed by atoms with van der Waals surface area (Å²) in [6.07, 6.45) is 1.82. The van der Waals surface area contributed by atoms with Gasteiger partial charge in [-0.15, -0.1) is 0 Å². The Morgan fingerprint density at radius 1 is 0.828 bits per heavy atom. The summed E-state index contributed by atoms with van der Waals surface area (Å²) < 4.78 is 6.48. The Balaban J connectivity index is 1.90. The fraction of sp³-hybridized carbons (Fsp3) is 0.120. The molecule has 0 bridgehead atoms. The second kappa shape index (κ2) is 6.67. The van der Waals surface area contributed by atoms with Crippen molar-refractivity contribution in [3.8, 4) is 22.5 Å². The van der Waals surface area contributed by atoms with Crippen LogP contribution in [-0.4, -0.2) is 18.0 Å². The molecule has 29 heavy (non-hydrogen) atoms. The summed E-state index contributed by atoms with van der Waals surface area (Å²) in [7, 11) is -1.62. The predicted molar refractivity (Wildman–Crippen MR) is 123 cm³/mol. The molecule has 0 saturated carbocycles. The number of hydrogen-bond donors (Lipinski definition) is 0. The number of fused-ring (bicyclic) bond motifs is 3. The molecule has 3 aromatic heterocycles. The number of pyridine rings is 2. The first kappa shape index (κ1) is 17.8. The van der Waals surface area contributed by atoms with Crippen LogP contribution in [0.25, 0.3) is 44.5 Å². The molecule has 0 atom stereocenters. The first-order chi connectivity index (χ1) is 14.0. The number of hydrogen-bond acceptors (Lipinski definition) is 3. The highest BCUT2D eigenvalue weighted by atomic mass is 28.3. The molecule has 0 aliphatic heterocycles. The van der Waals surface area contributed by atoms with Gasteiger partial charge in [0.15, 0.2) is 0 Å². The van der Waals surface area contributed by atoms with Crippen molar-refractivity contribution >= 4 is 35.3 Å². The van der Waals surface area contributed by atoms with Crippen LogP contribution in [0.4, 0.5) is 0 Å². The number of rotatable bonds is 3. The highest BCUT2D eigenvalue weighted by molar-refractivity contribution is 6.88. The minimum atomic E-state index is -1.62. The van der Waals surface area contributed by atoms with Crippen LogP contribution in [-0.2, 0) is 0 Å². The van der Waals surface area contributed by atoms with E-state index in [0.29, 0.717) is 0 Å². The Morgan fingerprint density at radius 3 is 2.34 bits per heavy atom. The molecule has 0 aliphatic rings. The van der Waals surface area contributed by atoms with Crippen LogP contribution >= 0.6 is 0 Å². The highest BCUT2D eigenvalue weighted by Gasteiger charge is 2.24. The summed E-state index contributed by atoms with van der Waals surface area (Å²) >= 11 is 0. The van der Waals surface area contributed by atoms with Gasteiger partial charge in [0.2, 0.25) is 0 Å². The van der Waals surface area contributed by atoms with E-state index >= 15 is 0 Å². The highest BCUT2D eigenvalue weighted by Crippen LogP contribution is 2.38. The van der Waals surface area contributed by atoms with Crippen molar-refractivity contribution in [3.05, 3.63) is 79.0 Å². The summed E-state index contributed by atoms with van der Waals surface area (Å²) in [5.41, 5.74) is 5.80. The van der Waals surface area contributed by atoms with Crippen molar-refractivity contribution in [3.63, 3.8) is 0 Å². The van der Waals surface area contributed by atoms with Crippen molar-refractivity contribution in [2.45, 2.75) is 19.6 Å². The van der Waals surface area contributed by atoms with Gasteiger partial charge in [-0.2, -0.15) is 0 Å². The Kier molecular flexibility index (Phi) is 4.10. The molecule has 0 fully saturated rings. The lowest BCUT2D eigenvalue weighted by molar-refractivity contribution is 0.670. The first-order valence-corrected chi connectivity index (χ1v) is 13.4. The standard InChI is InChI=1S/C25H22N2OSi/c1-29(2,3)22-16-21-23(24(27-22)17-10-5-4-6-11-17)19-13-9-12-18(25(19)28-21)20-14-7-8-15-26-20/h4-16H,1-3H3. The van der Waals surface area contributed by atoms with E-state index in [0.717, 1.165) is 49.8 Å². The van der Waals surface area contributed by atoms with E-state index in [9.17, 15) is 0 Å². The third kappa shape index (κ3) is 3.06. The number of para-hydroxylation sites is 1. The van der Waals surface area contributed by atoms with E-state index in [1.807, 2.05) is 30.5 Å². The summed E-state index contributed by atoms with van der Waals surface area (Å²) in [6, 6.07) is 24.8. The quantitative estimate of drug-likeness (QED) is 0.339. The van der Waals surface area contributed by atoms with E-state index in [1.165, 1.54) is 0 Å². The predicted octanol–water partition coefficient (Wildman–Crippen LogP) is 6.26. The van der Waals surface area contributed by atoms with Gasteiger partial charge < -0.3 is 4.42 Å². The largest absolute Gasteiger partial charge is 0.455 e. The number of nitrogens with zero attached hydrogens (tertiary/aromatic N) is 2. The van der Waals surface area contributed by atoms with E-state index in [2.05, 4.69) is 73.2 Å². The van der Waals surface area contributed by atoms with Gasteiger partial charge in [0.1, 0.15) is 19.2 Å². The summed E-state index contributed by atoms with van der Waals surface area (Å²) in [6.45, 7) is 6.95. The SMILES string of the molecule is C[Si](C)(C)c1cc2oc3c(-c4ccccn4)cccc3c2c(-c2ccccc2)n1. The van der Waals surface area contributed by atoms with Crippen LogP contribution in [0.15, 0.2) is 83.4 Å². The summed E-state index contributed by atoms with van der Waals surface area (Å²) in [4.78, 5) is 9.69. The van der Waals surface area contributed by atoms with Gasteiger partial charge in [-0.3, -0.25) is 9.97 Å². The number of benzene rings is 2. The monoisotopic (exact) mass is 394 g/mol. The van der Waals surface area contributed by atoms with Crippen molar-refractivity contribution in [2.75, 3.05) is 0 Å². The van der Waals surface area contributed by atoms with Crippen molar-refractivity contribution in [2.24, 2.45) is 0 Å². The molecular weight excluding hydrogens is 372 g/mol. The number of furan rings is 1. The molecule has 0 saturated heterocycles. The second-order valence-electron chi connectivity index (χ2n) is 8.34. The normalized spacial score (nSPS) is 12.0.